The van der Waals surface area contributed by atoms with E-state index in [1.54, 1.807) is 13.0 Å². The Hall–Kier alpha value is -1.46. The minimum absolute atomic E-state index is 0.208. The van der Waals surface area contributed by atoms with Crippen LogP contribution in [0.4, 0.5) is 5.69 Å². The average Bonchev–Trinajstić information content (AvgIpc) is 2.37. The maximum Gasteiger partial charge on any atom is 0.272 e. The first-order valence-electron chi connectivity index (χ1n) is 6.72. The molecule has 0 bridgehead atoms. The summed E-state index contributed by atoms with van der Waals surface area (Å²) in [6.07, 6.45) is 2.39. The third-order valence-corrected chi connectivity index (χ3v) is 3.69. The van der Waals surface area contributed by atoms with E-state index in [1.165, 1.54) is 12.8 Å². The van der Waals surface area contributed by atoms with Crippen LogP contribution in [-0.2, 0) is 6.54 Å². The molecule has 1 aromatic carbocycles. The highest BCUT2D eigenvalue weighted by Gasteiger charge is 2.17. The van der Waals surface area contributed by atoms with E-state index in [4.69, 9.17) is 0 Å². The number of piperidine rings is 1. The molecule has 0 aliphatic carbocycles. The van der Waals surface area contributed by atoms with Crippen LogP contribution < -0.4 is 5.32 Å². The number of nitrogens with zero attached hydrogens (tertiary/aromatic N) is 2. The van der Waals surface area contributed by atoms with Gasteiger partial charge in [0.15, 0.2) is 0 Å². The van der Waals surface area contributed by atoms with Crippen molar-refractivity contribution < 1.29 is 4.92 Å². The summed E-state index contributed by atoms with van der Waals surface area (Å²) < 4.78 is 0. The van der Waals surface area contributed by atoms with E-state index < -0.39 is 0 Å². The topological polar surface area (TPSA) is 58.4 Å². The van der Waals surface area contributed by atoms with Crippen LogP contribution in [0, 0.1) is 17.0 Å². The molecule has 1 aliphatic heterocycles. The van der Waals surface area contributed by atoms with Gasteiger partial charge in [-0.05, 0) is 38.9 Å². The zero-order valence-corrected chi connectivity index (χ0v) is 11.6. The first-order valence-corrected chi connectivity index (χ1v) is 6.72. The number of nitro benzene ring substituents is 1. The molecule has 0 spiro atoms. The van der Waals surface area contributed by atoms with Gasteiger partial charge in [-0.3, -0.25) is 10.1 Å². The van der Waals surface area contributed by atoms with Crippen molar-refractivity contribution in [3.05, 3.63) is 39.4 Å². The first-order chi connectivity index (χ1) is 9.06. The highest BCUT2D eigenvalue weighted by molar-refractivity contribution is 5.42. The van der Waals surface area contributed by atoms with Gasteiger partial charge in [-0.25, -0.2) is 0 Å². The van der Waals surface area contributed by atoms with Crippen molar-refractivity contribution in [2.24, 2.45) is 0 Å². The third kappa shape index (κ3) is 3.75. The number of likely N-dealkylation sites (tertiary alicyclic amines) is 1. The standard InChI is InChI=1S/C14H21N3O2/c1-11-5-6-12(8-14(11)17(18)19)9-15-13-4-3-7-16(2)10-13/h5-6,8,13,15H,3-4,7,9-10H2,1-2H3. The van der Waals surface area contributed by atoms with Crippen LogP contribution in [0.3, 0.4) is 0 Å². The summed E-state index contributed by atoms with van der Waals surface area (Å²) in [5, 5.41) is 14.4. The van der Waals surface area contributed by atoms with Crippen LogP contribution in [0.25, 0.3) is 0 Å². The molecule has 104 valence electrons. The second-order valence-electron chi connectivity index (χ2n) is 5.36. The van der Waals surface area contributed by atoms with Gasteiger partial charge in [0.1, 0.15) is 0 Å². The van der Waals surface area contributed by atoms with Gasteiger partial charge in [-0.15, -0.1) is 0 Å². The molecule has 1 aliphatic rings. The van der Waals surface area contributed by atoms with Gasteiger partial charge in [0.2, 0.25) is 0 Å². The van der Waals surface area contributed by atoms with Gasteiger partial charge in [-0.1, -0.05) is 12.1 Å². The van der Waals surface area contributed by atoms with Gasteiger partial charge in [0, 0.05) is 30.8 Å². The quantitative estimate of drug-likeness (QED) is 0.667. The van der Waals surface area contributed by atoms with Crippen LogP contribution in [0.15, 0.2) is 18.2 Å². The number of hydrogen-bond acceptors (Lipinski definition) is 4. The van der Waals surface area contributed by atoms with Crippen LogP contribution in [-0.4, -0.2) is 36.0 Å². The Kier molecular flexibility index (Phi) is 4.50. The van der Waals surface area contributed by atoms with E-state index in [-0.39, 0.29) is 10.6 Å². The van der Waals surface area contributed by atoms with E-state index in [0.717, 1.165) is 18.7 Å². The number of likely N-dealkylation sites (N-methyl/N-ethyl adjacent to an activating group) is 1. The number of nitro groups is 1. The SMILES string of the molecule is Cc1ccc(CNC2CCCN(C)C2)cc1[N+](=O)[O-]. The van der Waals surface area contributed by atoms with Crippen molar-refractivity contribution in [1.29, 1.82) is 0 Å². The Morgan fingerprint density at radius 2 is 2.32 bits per heavy atom. The summed E-state index contributed by atoms with van der Waals surface area (Å²) in [7, 11) is 2.13. The minimum atomic E-state index is -0.312. The summed E-state index contributed by atoms with van der Waals surface area (Å²) in [6.45, 7) is 4.67. The molecule has 0 saturated carbocycles. The molecule has 0 aromatic heterocycles. The van der Waals surface area contributed by atoms with Crippen molar-refractivity contribution in [2.75, 3.05) is 20.1 Å². The monoisotopic (exact) mass is 263 g/mol. The third-order valence-electron chi connectivity index (χ3n) is 3.69. The largest absolute Gasteiger partial charge is 0.309 e. The maximum absolute atomic E-state index is 10.9. The zero-order valence-electron chi connectivity index (χ0n) is 11.6. The van der Waals surface area contributed by atoms with E-state index >= 15 is 0 Å². The lowest BCUT2D eigenvalue weighted by Crippen LogP contribution is -2.43. The highest BCUT2D eigenvalue weighted by atomic mass is 16.6. The van der Waals surface area contributed by atoms with Gasteiger partial charge in [0.05, 0.1) is 4.92 Å². The molecule has 1 fully saturated rings. The van der Waals surface area contributed by atoms with Crippen molar-refractivity contribution in [2.45, 2.75) is 32.4 Å². The molecular weight excluding hydrogens is 242 g/mol. The Morgan fingerprint density at radius 3 is 3.00 bits per heavy atom. The van der Waals surface area contributed by atoms with Crippen LogP contribution in [0.1, 0.15) is 24.0 Å². The normalized spacial score (nSPS) is 20.4. The summed E-state index contributed by atoms with van der Waals surface area (Å²) in [6, 6.07) is 5.94. The predicted octanol–water partition coefficient (Wildman–Crippen LogP) is 2.09. The lowest BCUT2D eigenvalue weighted by atomic mass is 10.1. The number of rotatable bonds is 4. The van der Waals surface area contributed by atoms with E-state index in [0.29, 0.717) is 18.2 Å². The summed E-state index contributed by atoms with van der Waals surface area (Å²) in [4.78, 5) is 12.9. The lowest BCUT2D eigenvalue weighted by molar-refractivity contribution is -0.385. The Labute approximate surface area is 113 Å². The van der Waals surface area contributed by atoms with E-state index in [9.17, 15) is 10.1 Å². The van der Waals surface area contributed by atoms with Crippen molar-refractivity contribution in [3.63, 3.8) is 0 Å². The number of hydrogen-bond donors (Lipinski definition) is 1. The van der Waals surface area contributed by atoms with Gasteiger partial charge < -0.3 is 10.2 Å². The maximum atomic E-state index is 10.9. The fraction of sp³-hybridized carbons (Fsp3) is 0.571. The zero-order chi connectivity index (χ0) is 13.8. The molecule has 1 atom stereocenters. The van der Waals surface area contributed by atoms with E-state index in [2.05, 4.69) is 17.3 Å². The van der Waals surface area contributed by atoms with Crippen molar-refractivity contribution in [1.82, 2.24) is 10.2 Å². The molecule has 1 saturated heterocycles. The predicted molar refractivity (Wildman–Crippen MR) is 75.2 cm³/mol. The second-order valence-corrected chi connectivity index (χ2v) is 5.36. The molecule has 5 nitrogen and oxygen atoms in total. The summed E-state index contributed by atoms with van der Waals surface area (Å²) in [5.41, 5.74) is 1.90. The molecule has 1 N–H and O–H groups in total. The molecule has 1 aromatic rings. The van der Waals surface area contributed by atoms with Crippen LogP contribution >= 0.6 is 0 Å². The smallest absolute Gasteiger partial charge is 0.272 e. The Morgan fingerprint density at radius 1 is 1.53 bits per heavy atom. The molecule has 2 rings (SSSR count). The van der Waals surface area contributed by atoms with Crippen LogP contribution in [0.2, 0.25) is 0 Å². The number of aryl methyl sites for hydroxylation is 1. The van der Waals surface area contributed by atoms with Crippen molar-refractivity contribution in [3.8, 4) is 0 Å². The average molecular weight is 263 g/mol. The summed E-state index contributed by atoms with van der Waals surface area (Å²) >= 11 is 0. The minimum Gasteiger partial charge on any atom is -0.309 e. The van der Waals surface area contributed by atoms with E-state index in [1.807, 2.05) is 12.1 Å². The lowest BCUT2D eigenvalue weighted by Gasteiger charge is -2.30. The fourth-order valence-electron chi connectivity index (χ4n) is 2.56. The number of nitrogens with one attached hydrogen (secondary N) is 1. The molecule has 19 heavy (non-hydrogen) atoms. The summed E-state index contributed by atoms with van der Waals surface area (Å²) in [5.74, 6) is 0. The second kappa shape index (κ2) is 6.12. The molecular formula is C14H21N3O2. The highest BCUT2D eigenvalue weighted by Crippen LogP contribution is 2.19. The molecule has 0 amide bonds. The Bertz CT molecular complexity index is 462. The molecule has 1 unspecified atom stereocenters. The van der Waals surface area contributed by atoms with Crippen LogP contribution in [0.5, 0.6) is 0 Å². The van der Waals surface area contributed by atoms with Gasteiger partial charge in [-0.2, -0.15) is 0 Å². The fourth-order valence-corrected chi connectivity index (χ4v) is 2.56. The molecule has 5 heteroatoms. The van der Waals surface area contributed by atoms with Crippen molar-refractivity contribution >= 4 is 5.69 Å². The molecule has 0 radical (unpaired) electrons. The van der Waals surface area contributed by atoms with Gasteiger partial charge >= 0.3 is 0 Å². The number of benzene rings is 1. The first kappa shape index (κ1) is 14.0. The van der Waals surface area contributed by atoms with Gasteiger partial charge in [0.25, 0.3) is 5.69 Å². The molecule has 1 heterocycles. The Balaban J connectivity index is 1.96.